The first-order valence-electron chi connectivity index (χ1n) is 5.88. The van der Waals surface area contributed by atoms with E-state index in [0.29, 0.717) is 0 Å². The molecule has 0 aliphatic carbocycles. The summed E-state index contributed by atoms with van der Waals surface area (Å²) in [5.41, 5.74) is 0. The van der Waals surface area contributed by atoms with Gasteiger partial charge in [0.1, 0.15) is 0 Å². The first-order chi connectivity index (χ1) is 8.03. The molecule has 0 aromatic rings. The van der Waals surface area contributed by atoms with E-state index in [4.69, 9.17) is 25.5 Å². The first kappa shape index (κ1) is 13.3. The maximum Gasteiger partial charge on any atom is 0.662 e. The number of rotatable bonds is 1. The highest BCUT2D eigenvalue weighted by molar-refractivity contribution is 7.78. The van der Waals surface area contributed by atoms with Crippen molar-refractivity contribution in [3.63, 3.8) is 0 Å². The van der Waals surface area contributed by atoms with Crippen LogP contribution in [0.25, 0.3) is 0 Å². The minimum absolute atomic E-state index is 0.0359. The predicted molar refractivity (Wildman–Crippen MR) is 68.9 cm³/mol. The molecule has 7 heteroatoms. The van der Waals surface area contributed by atoms with Gasteiger partial charge in [-0.3, -0.25) is 4.90 Å². The number of isothiocyanates is 1. The predicted octanol–water partition coefficient (Wildman–Crippen LogP) is 1.07. The van der Waals surface area contributed by atoms with Crippen LogP contribution in [0.1, 0.15) is 20.8 Å². The molecule has 0 spiro atoms. The molecule has 3 aliphatic rings. The third-order valence-corrected chi connectivity index (χ3v) is 5.52. The van der Waals surface area contributed by atoms with E-state index in [0.717, 1.165) is 19.6 Å². The van der Waals surface area contributed by atoms with Crippen molar-refractivity contribution in [2.75, 3.05) is 19.6 Å². The van der Waals surface area contributed by atoms with Gasteiger partial charge in [-0.05, 0) is 33.0 Å². The van der Waals surface area contributed by atoms with Crippen LogP contribution in [0.3, 0.4) is 0 Å². The Morgan fingerprint density at radius 1 is 1.06 bits per heavy atom. The van der Waals surface area contributed by atoms with Crippen LogP contribution in [0, 0.1) is 0 Å². The van der Waals surface area contributed by atoms with Gasteiger partial charge in [-0.25, -0.2) is 0 Å². The molecule has 96 valence electrons. The Hall–Kier alpha value is -0.143. The fraction of sp³-hybridized carbons (Fsp3) is 0.900. The Balaban J connectivity index is 2.32. The number of nitrogens with zero attached hydrogens (tertiary/aromatic N) is 2. The maximum atomic E-state index is 5.89. The second-order valence-corrected chi connectivity index (χ2v) is 6.89. The van der Waals surface area contributed by atoms with Crippen molar-refractivity contribution in [1.29, 1.82) is 0 Å². The molecule has 3 saturated heterocycles. The van der Waals surface area contributed by atoms with E-state index in [9.17, 15) is 0 Å². The molecule has 0 aromatic heterocycles. The zero-order valence-electron chi connectivity index (χ0n) is 10.4. The van der Waals surface area contributed by atoms with E-state index in [-0.39, 0.29) is 18.3 Å². The van der Waals surface area contributed by atoms with E-state index in [2.05, 4.69) is 14.7 Å². The molecule has 0 aromatic carbocycles. The lowest BCUT2D eigenvalue weighted by molar-refractivity contribution is -0.0780. The molecule has 3 atom stereocenters. The first-order valence-corrected chi connectivity index (χ1v) is 7.96. The Kier molecular flexibility index (Phi) is 4.09. The number of fused-ring (bicyclic) bond motifs is 6. The minimum Gasteiger partial charge on any atom is -0.351 e. The average molecular weight is 274 g/mol. The molecule has 0 radical (unpaired) electrons. The second kappa shape index (κ2) is 5.24. The number of hydrogen-bond donors (Lipinski definition) is 0. The highest BCUT2D eigenvalue weighted by atomic mass is 32.1. The van der Waals surface area contributed by atoms with Crippen molar-refractivity contribution < 1.29 is 13.3 Å². The summed E-state index contributed by atoms with van der Waals surface area (Å²) in [4.78, 5) is 2.30. The van der Waals surface area contributed by atoms with Crippen molar-refractivity contribution in [3.8, 4) is 0 Å². The topological polar surface area (TPSA) is 43.3 Å². The average Bonchev–Trinajstić information content (AvgIpc) is 2.11. The van der Waals surface area contributed by atoms with Crippen LogP contribution >= 0.6 is 12.2 Å². The second-order valence-electron chi connectivity index (χ2n) is 4.73. The van der Waals surface area contributed by atoms with E-state index < -0.39 is 8.97 Å². The van der Waals surface area contributed by atoms with Gasteiger partial charge in [0.15, 0.2) is 0 Å². The van der Waals surface area contributed by atoms with Gasteiger partial charge in [-0.1, -0.05) is 0 Å². The van der Waals surface area contributed by atoms with E-state index in [1.807, 2.05) is 20.8 Å². The smallest absolute Gasteiger partial charge is 0.351 e. The van der Waals surface area contributed by atoms with Gasteiger partial charge in [0.2, 0.25) is 0 Å². The van der Waals surface area contributed by atoms with E-state index in [1.54, 1.807) is 0 Å². The SMILES string of the molecule is CC1CN2CC(C)O[Si](N=C=S)(O1)OC(C)C2. The van der Waals surface area contributed by atoms with Gasteiger partial charge < -0.3 is 13.3 Å². The lowest BCUT2D eigenvalue weighted by atomic mass is 10.2. The highest BCUT2D eigenvalue weighted by Crippen LogP contribution is 2.25. The molecular weight excluding hydrogens is 256 g/mol. The molecule has 0 N–H and O–H groups in total. The summed E-state index contributed by atoms with van der Waals surface area (Å²) < 4.78 is 21.8. The fourth-order valence-corrected chi connectivity index (χ4v) is 4.93. The van der Waals surface area contributed by atoms with Crippen LogP contribution in [0.5, 0.6) is 0 Å². The molecule has 3 rings (SSSR count). The van der Waals surface area contributed by atoms with Crippen molar-refractivity contribution >= 4 is 26.3 Å². The largest absolute Gasteiger partial charge is 0.662 e. The van der Waals surface area contributed by atoms with Crippen molar-refractivity contribution in [2.24, 2.45) is 4.66 Å². The molecule has 2 bridgehead atoms. The van der Waals surface area contributed by atoms with Crippen molar-refractivity contribution in [2.45, 2.75) is 39.1 Å². The van der Waals surface area contributed by atoms with Crippen LogP contribution in [-0.2, 0) is 13.3 Å². The normalized spacial score (nSPS) is 46.5. The molecule has 5 nitrogen and oxygen atoms in total. The third kappa shape index (κ3) is 3.20. The quantitative estimate of drug-likeness (QED) is 0.406. The maximum absolute atomic E-state index is 5.89. The molecule has 0 amide bonds. The Morgan fingerprint density at radius 2 is 1.47 bits per heavy atom. The zero-order valence-corrected chi connectivity index (χ0v) is 12.2. The lowest BCUT2D eigenvalue weighted by Crippen LogP contribution is -2.60. The van der Waals surface area contributed by atoms with E-state index in [1.165, 1.54) is 0 Å². The molecule has 3 unspecified atom stereocenters. The van der Waals surface area contributed by atoms with Gasteiger partial charge >= 0.3 is 8.97 Å². The molecule has 3 aliphatic heterocycles. The summed E-state index contributed by atoms with van der Waals surface area (Å²) in [6, 6.07) is 0. The Labute approximate surface area is 108 Å². The van der Waals surface area contributed by atoms with Crippen LogP contribution in [-0.4, -0.2) is 57.0 Å². The lowest BCUT2D eigenvalue weighted by Gasteiger charge is -2.42. The van der Waals surface area contributed by atoms with Crippen LogP contribution in [0.15, 0.2) is 4.66 Å². The number of thiocarbonyl (C=S) groups is 1. The van der Waals surface area contributed by atoms with Gasteiger partial charge in [-0.2, -0.15) is 4.66 Å². The number of hydrogen-bond acceptors (Lipinski definition) is 6. The summed E-state index contributed by atoms with van der Waals surface area (Å²) in [5.74, 6) is 0. The van der Waals surface area contributed by atoms with Crippen LogP contribution < -0.4 is 0 Å². The van der Waals surface area contributed by atoms with Crippen molar-refractivity contribution in [1.82, 2.24) is 4.90 Å². The summed E-state index contributed by atoms with van der Waals surface area (Å²) in [5, 5.41) is 2.37. The third-order valence-electron chi connectivity index (χ3n) is 2.78. The van der Waals surface area contributed by atoms with E-state index >= 15 is 0 Å². The van der Waals surface area contributed by atoms with Gasteiger partial charge in [0, 0.05) is 19.6 Å². The summed E-state index contributed by atoms with van der Waals surface area (Å²) in [6.07, 6.45) is 0.108. The Bertz CT molecular complexity index is 301. The summed E-state index contributed by atoms with van der Waals surface area (Å²) >= 11 is 4.69. The van der Waals surface area contributed by atoms with Crippen molar-refractivity contribution in [3.05, 3.63) is 0 Å². The highest BCUT2D eigenvalue weighted by Gasteiger charge is 2.51. The zero-order chi connectivity index (χ0) is 12.5. The van der Waals surface area contributed by atoms with Gasteiger partial charge in [0.25, 0.3) is 0 Å². The van der Waals surface area contributed by atoms with Crippen LogP contribution in [0.4, 0.5) is 0 Å². The minimum atomic E-state index is -3.03. The summed E-state index contributed by atoms with van der Waals surface area (Å²) in [7, 11) is -3.03. The Morgan fingerprint density at radius 3 is 1.82 bits per heavy atom. The van der Waals surface area contributed by atoms with Gasteiger partial charge in [0.05, 0.1) is 23.5 Å². The van der Waals surface area contributed by atoms with Gasteiger partial charge in [-0.15, -0.1) is 0 Å². The molecule has 0 saturated carbocycles. The molecular formula is C10H18N2O3SSi. The standard InChI is InChI=1S/C10H18N2O3SSi/c1-8-4-12-5-9(2)14-17(13-8,11-7-16)15-10(3)6-12/h8-10H,4-6H2,1-3H3. The fourth-order valence-electron chi connectivity index (χ4n) is 2.41. The molecule has 3 fully saturated rings. The summed E-state index contributed by atoms with van der Waals surface area (Å²) in [6.45, 7) is 8.65. The monoisotopic (exact) mass is 274 g/mol. The molecule has 3 heterocycles. The van der Waals surface area contributed by atoms with Crippen LogP contribution in [0.2, 0.25) is 0 Å². The molecule has 17 heavy (non-hydrogen) atoms.